The zero-order valence-electron chi connectivity index (χ0n) is 22.4. The number of ether oxygens (including phenoxy) is 1. The van der Waals surface area contributed by atoms with Crippen molar-refractivity contribution in [2.45, 2.75) is 51.5 Å². The fraction of sp³-hybridized carbons (Fsp3) is 0.281. The minimum absolute atomic E-state index is 0.0598. The van der Waals surface area contributed by atoms with Crippen molar-refractivity contribution < 1.29 is 23.4 Å². The van der Waals surface area contributed by atoms with Crippen molar-refractivity contribution in [2.24, 2.45) is 0 Å². The van der Waals surface area contributed by atoms with Crippen LogP contribution in [0.3, 0.4) is 0 Å². The predicted octanol–water partition coefficient (Wildman–Crippen LogP) is 6.14. The second kappa shape index (κ2) is 13.6. The first-order valence-corrected chi connectivity index (χ1v) is 13.4. The molecule has 1 N–H and O–H groups in total. The highest BCUT2D eigenvalue weighted by atomic mass is 19.1. The van der Waals surface area contributed by atoms with E-state index in [0.717, 1.165) is 28.7 Å². The third kappa shape index (κ3) is 7.85. The number of benzene rings is 3. The molecule has 0 aliphatic heterocycles. The number of carboxylic acid groups (broad SMARTS) is 1. The van der Waals surface area contributed by atoms with Crippen LogP contribution in [-0.4, -0.2) is 27.5 Å². The molecule has 0 radical (unpaired) electrons. The van der Waals surface area contributed by atoms with Crippen LogP contribution >= 0.6 is 0 Å². The molecular formula is C32H32F2N2O4. The van der Waals surface area contributed by atoms with Crippen molar-refractivity contribution in [3.05, 3.63) is 129 Å². The first kappa shape index (κ1) is 28.7. The molecule has 0 saturated carbocycles. The number of aryl methyl sites for hydroxylation is 3. The van der Waals surface area contributed by atoms with E-state index in [2.05, 4.69) is 18.1 Å². The number of aromatic nitrogens is 2. The maximum atomic E-state index is 13.6. The van der Waals surface area contributed by atoms with Crippen molar-refractivity contribution in [1.82, 2.24) is 9.78 Å². The van der Waals surface area contributed by atoms with Crippen molar-refractivity contribution in [3.8, 4) is 5.75 Å². The molecule has 0 fully saturated rings. The largest absolute Gasteiger partial charge is 0.494 e. The van der Waals surface area contributed by atoms with Crippen LogP contribution in [0.4, 0.5) is 8.78 Å². The standard InChI is InChI=1S/C32H32F2N2O4/c1-2-22-19-23(21-28(20-22)40-18-4-6-31(38)39)5-3-17-36-30(37)16-15-29(35-36)32(24-7-11-26(33)12-8-24)25-9-13-27(34)14-10-25/h7-16,19-21,32H,2-6,17-18H2,1H3,(H,38,39). The summed E-state index contributed by atoms with van der Waals surface area (Å²) in [6.45, 7) is 2.77. The molecule has 0 bridgehead atoms. The minimum atomic E-state index is -0.846. The van der Waals surface area contributed by atoms with E-state index in [-0.39, 0.29) is 23.6 Å². The Bertz CT molecular complexity index is 1440. The van der Waals surface area contributed by atoms with Gasteiger partial charge in [-0.05, 0) is 90.4 Å². The molecule has 1 aromatic heterocycles. The van der Waals surface area contributed by atoms with Crippen LogP contribution in [0.2, 0.25) is 0 Å². The Labute approximate surface area is 231 Å². The van der Waals surface area contributed by atoms with Crippen LogP contribution in [0.15, 0.2) is 83.7 Å². The molecule has 0 saturated heterocycles. The highest BCUT2D eigenvalue weighted by molar-refractivity contribution is 5.66. The monoisotopic (exact) mass is 546 g/mol. The van der Waals surface area contributed by atoms with Gasteiger partial charge in [0.25, 0.3) is 5.56 Å². The Morgan fingerprint density at radius 1 is 0.900 bits per heavy atom. The molecule has 0 aliphatic rings. The van der Waals surface area contributed by atoms with Crippen molar-refractivity contribution in [2.75, 3.05) is 6.61 Å². The van der Waals surface area contributed by atoms with Crippen LogP contribution < -0.4 is 10.3 Å². The van der Waals surface area contributed by atoms with Gasteiger partial charge in [-0.25, -0.2) is 13.5 Å². The molecule has 40 heavy (non-hydrogen) atoms. The zero-order valence-corrected chi connectivity index (χ0v) is 22.4. The van der Waals surface area contributed by atoms with Gasteiger partial charge in [0, 0.05) is 19.0 Å². The number of halogens is 2. The summed E-state index contributed by atoms with van der Waals surface area (Å²) in [4.78, 5) is 23.4. The number of aliphatic carboxylic acids is 1. The summed E-state index contributed by atoms with van der Waals surface area (Å²) in [6.07, 6.45) is 2.67. The molecule has 0 spiro atoms. The highest BCUT2D eigenvalue weighted by Gasteiger charge is 2.20. The average molecular weight is 547 g/mol. The molecule has 0 atom stereocenters. The van der Waals surface area contributed by atoms with Gasteiger partial charge in [0.15, 0.2) is 0 Å². The van der Waals surface area contributed by atoms with Crippen molar-refractivity contribution in [1.29, 1.82) is 0 Å². The molecular weight excluding hydrogens is 514 g/mol. The van der Waals surface area contributed by atoms with E-state index in [1.807, 2.05) is 12.1 Å². The van der Waals surface area contributed by atoms with Crippen LogP contribution in [0, 0.1) is 11.6 Å². The Morgan fingerprint density at radius 2 is 1.52 bits per heavy atom. The number of rotatable bonds is 13. The first-order valence-electron chi connectivity index (χ1n) is 13.4. The SMILES string of the molecule is CCc1cc(CCCn2nc(C(c3ccc(F)cc3)c3ccc(F)cc3)ccc2=O)cc(OCCCC(=O)O)c1. The van der Waals surface area contributed by atoms with Crippen molar-refractivity contribution >= 4 is 5.97 Å². The lowest BCUT2D eigenvalue weighted by molar-refractivity contribution is -0.137. The molecule has 0 unspecified atom stereocenters. The zero-order chi connectivity index (χ0) is 28.5. The number of nitrogens with zero attached hydrogens (tertiary/aromatic N) is 2. The van der Waals surface area contributed by atoms with E-state index in [9.17, 15) is 18.4 Å². The van der Waals surface area contributed by atoms with Gasteiger partial charge in [0.1, 0.15) is 17.4 Å². The van der Waals surface area contributed by atoms with E-state index in [1.54, 1.807) is 30.3 Å². The summed E-state index contributed by atoms with van der Waals surface area (Å²) in [5.74, 6) is -1.27. The van der Waals surface area contributed by atoms with Gasteiger partial charge >= 0.3 is 5.97 Å². The molecule has 1 heterocycles. The molecule has 6 nitrogen and oxygen atoms in total. The highest BCUT2D eigenvalue weighted by Crippen LogP contribution is 2.30. The third-order valence-corrected chi connectivity index (χ3v) is 6.66. The summed E-state index contributed by atoms with van der Waals surface area (Å²) in [5, 5.41) is 13.5. The minimum Gasteiger partial charge on any atom is -0.494 e. The molecule has 4 rings (SSSR count). The maximum Gasteiger partial charge on any atom is 0.303 e. The quantitative estimate of drug-likeness (QED) is 0.204. The lowest BCUT2D eigenvalue weighted by Crippen LogP contribution is -2.24. The van der Waals surface area contributed by atoms with Gasteiger partial charge in [-0.15, -0.1) is 0 Å². The number of hydrogen-bond donors (Lipinski definition) is 1. The summed E-state index contributed by atoms with van der Waals surface area (Å²) in [5.41, 5.74) is 4.10. The molecule has 8 heteroatoms. The normalized spacial score (nSPS) is 11.1. The van der Waals surface area contributed by atoms with Gasteiger partial charge in [-0.1, -0.05) is 37.3 Å². The Balaban J connectivity index is 1.51. The van der Waals surface area contributed by atoms with Gasteiger partial charge in [0.05, 0.1) is 18.2 Å². The molecule has 208 valence electrons. The van der Waals surface area contributed by atoms with Crippen molar-refractivity contribution in [3.63, 3.8) is 0 Å². The molecule has 0 amide bonds. The summed E-state index contributed by atoms with van der Waals surface area (Å²) < 4.78 is 34.5. The fourth-order valence-electron chi connectivity index (χ4n) is 4.63. The Morgan fingerprint density at radius 3 is 2.12 bits per heavy atom. The van der Waals surface area contributed by atoms with E-state index >= 15 is 0 Å². The molecule has 3 aromatic carbocycles. The average Bonchev–Trinajstić information content (AvgIpc) is 2.94. The van der Waals surface area contributed by atoms with E-state index in [0.29, 0.717) is 43.9 Å². The third-order valence-electron chi connectivity index (χ3n) is 6.66. The van der Waals surface area contributed by atoms with E-state index < -0.39 is 11.9 Å². The topological polar surface area (TPSA) is 81.4 Å². The fourth-order valence-corrected chi connectivity index (χ4v) is 4.63. The predicted molar refractivity (Wildman–Crippen MR) is 149 cm³/mol. The van der Waals surface area contributed by atoms with Crippen LogP contribution in [0.25, 0.3) is 0 Å². The second-order valence-corrected chi connectivity index (χ2v) is 9.64. The molecule has 4 aromatic rings. The smallest absolute Gasteiger partial charge is 0.303 e. The Kier molecular flexibility index (Phi) is 9.78. The second-order valence-electron chi connectivity index (χ2n) is 9.64. The van der Waals surface area contributed by atoms with Crippen LogP contribution in [0.1, 0.15) is 60.1 Å². The lowest BCUT2D eigenvalue weighted by atomic mass is 9.88. The summed E-state index contributed by atoms with van der Waals surface area (Å²) >= 11 is 0. The van der Waals surface area contributed by atoms with Gasteiger partial charge < -0.3 is 9.84 Å². The van der Waals surface area contributed by atoms with Crippen LogP contribution in [0.5, 0.6) is 5.75 Å². The van der Waals surface area contributed by atoms with E-state index in [1.165, 1.54) is 35.0 Å². The number of hydrogen-bond acceptors (Lipinski definition) is 4. The first-order chi connectivity index (χ1) is 19.3. The van der Waals surface area contributed by atoms with Gasteiger partial charge in [-0.3, -0.25) is 9.59 Å². The number of carboxylic acids is 1. The Hall–Kier alpha value is -4.33. The summed E-state index contributed by atoms with van der Waals surface area (Å²) in [6, 6.07) is 21.3. The van der Waals surface area contributed by atoms with Gasteiger partial charge in [-0.2, -0.15) is 5.10 Å². The summed E-state index contributed by atoms with van der Waals surface area (Å²) in [7, 11) is 0. The van der Waals surface area contributed by atoms with Gasteiger partial charge in [0.2, 0.25) is 0 Å². The molecule has 0 aliphatic carbocycles. The van der Waals surface area contributed by atoms with Crippen LogP contribution in [-0.2, 0) is 24.2 Å². The maximum absolute atomic E-state index is 13.6. The number of carbonyl (C=O) groups is 1. The lowest BCUT2D eigenvalue weighted by Gasteiger charge is -2.19. The van der Waals surface area contributed by atoms with E-state index in [4.69, 9.17) is 9.84 Å².